The Bertz CT molecular complexity index is 1030. The maximum Gasteiger partial charge on any atom is 0.241 e. The molecule has 1 saturated heterocycles. The number of aromatic nitrogens is 2. The predicted octanol–water partition coefficient (Wildman–Crippen LogP) is 4.00. The molecule has 2 heterocycles. The Balaban J connectivity index is 1.29. The van der Waals surface area contributed by atoms with E-state index in [0.29, 0.717) is 49.8 Å². The van der Waals surface area contributed by atoms with Crippen molar-refractivity contribution in [1.29, 1.82) is 0 Å². The summed E-state index contributed by atoms with van der Waals surface area (Å²) in [6.07, 6.45) is 1.24. The maximum atomic E-state index is 13.3. The van der Waals surface area contributed by atoms with Crippen molar-refractivity contribution in [3.63, 3.8) is 0 Å². The number of carbonyl (C=O) groups excluding carboxylic acids is 1. The van der Waals surface area contributed by atoms with Gasteiger partial charge in [-0.1, -0.05) is 5.16 Å². The summed E-state index contributed by atoms with van der Waals surface area (Å²) >= 11 is 0. The summed E-state index contributed by atoms with van der Waals surface area (Å²) in [6, 6.07) is 9.12. The van der Waals surface area contributed by atoms with Crippen LogP contribution in [0.5, 0.6) is 0 Å². The molecular weight excluding hydrogens is 397 g/mol. The van der Waals surface area contributed by atoms with Crippen molar-refractivity contribution in [3.8, 4) is 11.4 Å². The Hall–Kier alpha value is -3.20. The van der Waals surface area contributed by atoms with Crippen molar-refractivity contribution < 1.29 is 22.5 Å². The molecule has 0 saturated carbocycles. The first-order valence-corrected chi connectivity index (χ1v) is 9.55. The van der Waals surface area contributed by atoms with Crippen LogP contribution >= 0.6 is 0 Å². The monoisotopic (exact) mass is 416 g/mol. The molecule has 0 aliphatic carbocycles. The lowest BCUT2D eigenvalue weighted by atomic mass is 9.96. The molecule has 0 bridgehead atoms. The smallest absolute Gasteiger partial charge is 0.241 e. The molecule has 3 aromatic rings. The van der Waals surface area contributed by atoms with Gasteiger partial charge in [0.1, 0.15) is 5.82 Å². The topological polar surface area (TPSA) is 71.3 Å². The van der Waals surface area contributed by atoms with Gasteiger partial charge in [0.25, 0.3) is 0 Å². The summed E-state index contributed by atoms with van der Waals surface area (Å²) in [5.41, 5.74) is 0.902. The number of hydrogen-bond acceptors (Lipinski definition) is 5. The van der Waals surface area contributed by atoms with Gasteiger partial charge >= 0.3 is 0 Å². The molecule has 1 N–H and O–H groups in total. The maximum absolute atomic E-state index is 13.3. The summed E-state index contributed by atoms with van der Waals surface area (Å²) in [6.45, 7) is 1.76. The van der Waals surface area contributed by atoms with E-state index in [1.807, 2.05) is 0 Å². The van der Waals surface area contributed by atoms with Crippen LogP contribution in [-0.2, 0) is 11.3 Å². The number of nitrogens with zero attached hydrogens (tertiary/aromatic N) is 3. The first kappa shape index (κ1) is 20.1. The number of benzene rings is 2. The molecule has 0 unspecified atom stereocenters. The number of hydrogen-bond donors (Lipinski definition) is 1. The first-order chi connectivity index (χ1) is 14.5. The number of halogens is 3. The van der Waals surface area contributed by atoms with Gasteiger partial charge in [0.2, 0.25) is 17.6 Å². The van der Waals surface area contributed by atoms with Crippen molar-refractivity contribution in [3.05, 3.63) is 65.8 Å². The third-order valence-electron chi connectivity index (χ3n) is 5.07. The highest BCUT2D eigenvalue weighted by atomic mass is 19.2. The molecule has 0 atom stereocenters. The van der Waals surface area contributed by atoms with Crippen LogP contribution in [0, 0.1) is 23.4 Å². The van der Waals surface area contributed by atoms with Crippen LogP contribution in [-0.4, -0.2) is 34.0 Å². The van der Waals surface area contributed by atoms with Gasteiger partial charge in [-0.3, -0.25) is 9.69 Å². The van der Waals surface area contributed by atoms with Gasteiger partial charge < -0.3 is 9.84 Å². The lowest BCUT2D eigenvalue weighted by Crippen LogP contribution is -2.37. The second kappa shape index (κ2) is 8.66. The molecule has 1 fully saturated rings. The molecule has 9 heteroatoms. The van der Waals surface area contributed by atoms with Crippen molar-refractivity contribution in [2.24, 2.45) is 5.92 Å². The molecule has 0 spiro atoms. The van der Waals surface area contributed by atoms with Gasteiger partial charge in [0.05, 0.1) is 6.54 Å². The SMILES string of the molecule is O=C(Nc1ccc(F)c(F)c1)C1CCN(Cc2nc(-c3ccc(F)cc3)no2)CC1. The first-order valence-electron chi connectivity index (χ1n) is 9.55. The summed E-state index contributed by atoms with van der Waals surface area (Å²) < 4.78 is 44.6. The zero-order valence-electron chi connectivity index (χ0n) is 15.9. The predicted molar refractivity (Wildman–Crippen MR) is 103 cm³/mol. The van der Waals surface area contributed by atoms with Crippen LogP contribution in [0.4, 0.5) is 18.9 Å². The van der Waals surface area contributed by atoms with E-state index in [1.54, 1.807) is 12.1 Å². The number of anilines is 1. The van der Waals surface area contributed by atoms with Crippen LogP contribution in [0.3, 0.4) is 0 Å². The Morgan fingerprint density at radius 2 is 1.80 bits per heavy atom. The highest BCUT2D eigenvalue weighted by molar-refractivity contribution is 5.92. The zero-order chi connectivity index (χ0) is 21.1. The van der Waals surface area contributed by atoms with E-state index in [1.165, 1.54) is 18.2 Å². The van der Waals surface area contributed by atoms with Gasteiger partial charge in [0, 0.05) is 23.2 Å². The Morgan fingerprint density at radius 3 is 2.50 bits per heavy atom. The highest BCUT2D eigenvalue weighted by Crippen LogP contribution is 2.22. The summed E-state index contributed by atoms with van der Waals surface area (Å²) in [7, 11) is 0. The minimum Gasteiger partial charge on any atom is -0.338 e. The number of carbonyl (C=O) groups is 1. The fraction of sp³-hybridized carbons (Fsp3) is 0.286. The Labute approximate surface area is 170 Å². The van der Waals surface area contributed by atoms with Crippen molar-refractivity contribution in [1.82, 2.24) is 15.0 Å². The van der Waals surface area contributed by atoms with Crippen LogP contribution in [0.25, 0.3) is 11.4 Å². The number of amides is 1. The molecule has 1 aliphatic heterocycles. The average Bonchev–Trinajstić information content (AvgIpc) is 3.20. The summed E-state index contributed by atoms with van der Waals surface area (Å²) in [5.74, 6) is -1.88. The second-order valence-electron chi connectivity index (χ2n) is 7.19. The van der Waals surface area contributed by atoms with Gasteiger partial charge in [0.15, 0.2) is 11.6 Å². The third-order valence-corrected chi connectivity index (χ3v) is 5.07. The highest BCUT2D eigenvalue weighted by Gasteiger charge is 2.26. The molecular formula is C21H19F3N4O2. The van der Waals surface area contributed by atoms with E-state index in [4.69, 9.17) is 4.52 Å². The van der Waals surface area contributed by atoms with Gasteiger partial charge in [-0.2, -0.15) is 4.98 Å². The number of rotatable bonds is 5. The number of likely N-dealkylation sites (tertiary alicyclic amines) is 1. The number of nitrogens with one attached hydrogen (secondary N) is 1. The van der Waals surface area contributed by atoms with E-state index in [-0.39, 0.29) is 23.3 Å². The quantitative estimate of drug-likeness (QED) is 0.681. The molecule has 6 nitrogen and oxygen atoms in total. The van der Waals surface area contributed by atoms with Crippen LogP contribution in [0.2, 0.25) is 0 Å². The second-order valence-corrected chi connectivity index (χ2v) is 7.19. The van der Waals surface area contributed by atoms with E-state index >= 15 is 0 Å². The Morgan fingerprint density at radius 1 is 1.07 bits per heavy atom. The third kappa shape index (κ3) is 4.68. The molecule has 0 radical (unpaired) electrons. The molecule has 1 aromatic heterocycles. The van der Waals surface area contributed by atoms with Gasteiger partial charge in [-0.15, -0.1) is 0 Å². The van der Waals surface area contributed by atoms with Crippen molar-refractivity contribution in [2.45, 2.75) is 19.4 Å². The minimum absolute atomic E-state index is 0.211. The van der Waals surface area contributed by atoms with Crippen molar-refractivity contribution in [2.75, 3.05) is 18.4 Å². The zero-order valence-corrected chi connectivity index (χ0v) is 15.9. The fourth-order valence-corrected chi connectivity index (χ4v) is 3.40. The molecule has 30 heavy (non-hydrogen) atoms. The van der Waals surface area contributed by atoms with Crippen LogP contribution < -0.4 is 5.32 Å². The minimum atomic E-state index is -0.998. The normalized spacial score (nSPS) is 15.3. The van der Waals surface area contributed by atoms with Gasteiger partial charge in [-0.05, 0) is 62.3 Å². The summed E-state index contributed by atoms with van der Waals surface area (Å²) in [4.78, 5) is 18.8. The average molecular weight is 416 g/mol. The van der Waals surface area contributed by atoms with E-state index in [2.05, 4.69) is 20.4 Å². The molecule has 2 aromatic carbocycles. The lowest BCUT2D eigenvalue weighted by Gasteiger charge is -2.30. The van der Waals surface area contributed by atoms with Crippen LogP contribution in [0.15, 0.2) is 47.0 Å². The van der Waals surface area contributed by atoms with Gasteiger partial charge in [-0.25, -0.2) is 13.2 Å². The molecule has 4 rings (SSSR count). The number of piperidine rings is 1. The summed E-state index contributed by atoms with van der Waals surface area (Å²) in [5, 5.41) is 6.57. The van der Waals surface area contributed by atoms with Crippen LogP contribution in [0.1, 0.15) is 18.7 Å². The van der Waals surface area contributed by atoms with Crippen molar-refractivity contribution >= 4 is 11.6 Å². The standard InChI is InChI=1S/C21H19F3N4O2/c22-15-3-1-13(2-4-15)20-26-19(30-27-20)12-28-9-7-14(8-10-28)21(29)25-16-5-6-17(23)18(24)11-16/h1-6,11,14H,7-10,12H2,(H,25,29). The molecule has 1 amide bonds. The molecule has 1 aliphatic rings. The Kier molecular flexibility index (Phi) is 5.80. The largest absolute Gasteiger partial charge is 0.338 e. The van der Waals surface area contributed by atoms with E-state index < -0.39 is 11.6 Å². The molecule has 156 valence electrons. The lowest BCUT2D eigenvalue weighted by molar-refractivity contribution is -0.121. The van der Waals surface area contributed by atoms with E-state index in [9.17, 15) is 18.0 Å². The fourth-order valence-electron chi connectivity index (χ4n) is 3.40. The van der Waals surface area contributed by atoms with E-state index in [0.717, 1.165) is 12.1 Å².